The highest BCUT2D eigenvalue weighted by molar-refractivity contribution is 5.92. The minimum Gasteiger partial charge on any atom is -0.508 e. The molecule has 0 fully saturated rings. The smallest absolute Gasteiger partial charge is 0.242 e. The molecule has 0 heterocycles. The number of primary amides is 1. The Labute approximate surface area is 397 Å². The largest absolute Gasteiger partial charge is 0.508 e. The molecule has 27 nitrogen and oxygen atoms in total. The van der Waals surface area contributed by atoms with Crippen molar-refractivity contribution in [2.24, 2.45) is 77.3 Å². The zero-order chi connectivity index (χ0) is 50.9. The van der Waals surface area contributed by atoms with E-state index in [9.17, 15) is 33.9 Å². The van der Waals surface area contributed by atoms with E-state index in [1.165, 1.54) is 31.7 Å². The molecule has 68 heavy (non-hydrogen) atoms. The molecule has 1 aromatic rings. The first-order chi connectivity index (χ1) is 32.3. The molecule has 23 N–H and O–H groups in total. The Morgan fingerprint density at radius 1 is 0.529 bits per heavy atom. The zero-order valence-electron chi connectivity index (χ0n) is 39.1. The summed E-state index contributed by atoms with van der Waals surface area (Å²) in [6, 6.07) is 4.80. The number of benzene rings is 1. The van der Waals surface area contributed by atoms with Crippen LogP contribution in [-0.4, -0.2) is 182 Å². The van der Waals surface area contributed by atoms with Crippen molar-refractivity contribution in [3.8, 4) is 5.75 Å². The second-order valence-corrected chi connectivity index (χ2v) is 15.7. The summed E-state index contributed by atoms with van der Waals surface area (Å²) in [4.78, 5) is 103. The lowest BCUT2D eigenvalue weighted by Crippen LogP contribution is -2.52. The maximum atomic E-state index is 14.4. The fraction of sp³-hybridized carbons (Fsp3) is 0.610. The van der Waals surface area contributed by atoms with Crippen LogP contribution in [0.4, 0.5) is 0 Å². The number of aromatic hydroxyl groups is 1. The van der Waals surface area contributed by atoms with Crippen molar-refractivity contribution < 1.29 is 33.9 Å². The lowest BCUT2D eigenvalue weighted by atomic mass is 10.1. The van der Waals surface area contributed by atoms with E-state index in [1.54, 1.807) is 12.1 Å². The fourth-order valence-corrected chi connectivity index (χ4v) is 6.39. The lowest BCUT2D eigenvalue weighted by molar-refractivity contribution is -0.147. The lowest BCUT2D eigenvalue weighted by Gasteiger charge is -2.31. The molecular formula is C41H76N20O7. The molecule has 0 bridgehead atoms. The van der Waals surface area contributed by atoms with Crippen LogP contribution in [0, 0.1) is 0 Å². The van der Waals surface area contributed by atoms with Crippen LogP contribution in [-0.2, 0) is 35.3 Å². The van der Waals surface area contributed by atoms with Crippen LogP contribution in [0.3, 0.4) is 0 Å². The van der Waals surface area contributed by atoms with E-state index in [0.29, 0.717) is 31.5 Å². The minimum absolute atomic E-state index is 0.0243. The topological polar surface area (TPSA) is 469 Å². The Hall–Kier alpha value is -7.16. The zero-order valence-corrected chi connectivity index (χ0v) is 39.1. The minimum atomic E-state index is -1.12. The van der Waals surface area contributed by atoms with E-state index in [0.717, 1.165) is 25.7 Å². The summed E-state index contributed by atoms with van der Waals surface area (Å²) < 4.78 is 0. The molecule has 0 unspecified atom stereocenters. The maximum Gasteiger partial charge on any atom is 0.242 e. The van der Waals surface area contributed by atoms with E-state index in [4.69, 9.17) is 57.3 Å². The van der Waals surface area contributed by atoms with Crippen LogP contribution in [0.15, 0.2) is 44.2 Å². The highest BCUT2D eigenvalue weighted by Gasteiger charge is 2.28. The van der Waals surface area contributed by atoms with Crippen LogP contribution in [0.25, 0.3) is 0 Å². The summed E-state index contributed by atoms with van der Waals surface area (Å²) in [5.74, 6) is -4.54. The van der Waals surface area contributed by atoms with Crippen LogP contribution in [0.2, 0.25) is 0 Å². The van der Waals surface area contributed by atoms with Gasteiger partial charge < -0.3 is 92.7 Å². The number of hydrogen-bond donors (Lipinski definition) is 13. The standard InChI is InChI=1S/C41H76N20O7/c42-14-3-1-2-4-15-52-23-33(64)59(21-7-18-55-40(48)49)26-34(65)60(22-8-19-56-41(50)51)27-36(67)61(24-29-10-12-30(62)13-11-29)28-35(66)58(20-6-17-54-39(46)47)25-32(63)57-31(37(43)68)9-5-16-53-38(44)45/h10-13,31,52,62H,1-9,14-28,42H2,(H2,43,68)(H,57,63)(H4,44,45,53)(H4,46,47,54)(H4,48,49,55)(H4,50,51,56)/t31-/m1/s1. The van der Waals surface area contributed by atoms with Gasteiger partial charge in [0.1, 0.15) is 18.3 Å². The van der Waals surface area contributed by atoms with Crippen molar-refractivity contribution >= 4 is 59.3 Å². The molecule has 0 saturated heterocycles. The van der Waals surface area contributed by atoms with Gasteiger partial charge in [0.25, 0.3) is 0 Å². The third-order valence-electron chi connectivity index (χ3n) is 9.88. The monoisotopic (exact) mass is 961 g/mol. The normalized spacial score (nSPS) is 11.0. The molecular weight excluding hydrogens is 885 g/mol. The van der Waals surface area contributed by atoms with Gasteiger partial charge in [-0.05, 0) is 75.7 Å². The number of nitrogens with zero attached hydrogens (tertiary/aromatic N) is 8. The Morgan fingerprint density at radius 3 is 1.43 bits per heavy atom. The summed E-state index contributed by atoms with van der Waals surface area (Å²) in [5.41, 5.74) is 55.4. The van der Waals surface area contributed by atoms with Gasteiger partial charge in [-0.2, -0.15) is 0 Å². The highest BCUT2D eigenvalue weighted by Crippen LogP contribution is 2.14. The van der Waals surface area contributed by atoms with E-state index in [1.807, 2.05) is 0 Å². The van der Waals surface area contributed by atoms with Crippen LogP contribution >= 0.6 is 0 Å². The average molecular weight is 961 g/mol. The van der Waals surface area contributed by atoms with Crippen LogP contribution in [0.5, 0.6) is 5.75 Å². The van der Waals surface area contributed by atoms with Crippen molar-refractivity contribution in [1.82, 2.24) is 30.2 Å². The number of rotatable bonds is 36. The number of nitrogens with one attached hydrogen (secondary N) is 2. The van der Waals surface area contributed by atoms with Gasteiger partial charge in [-0.15, -0.1) is 0 Å². The Morgan fingerprint density at radius 2 is 0.956 bits per heavy atom. The summed E-state index contributed by atoms with van der Waals surface area (Å²) >= 11 is 0. The summed E-state index contributed by atoms with van der Waals surface area (Å²) in [7, 11) is 0. The maximum absolute atomic E-state index is 14.4. The number of amides is 6. The molecule has 6 amide bonds. The first-order valence-corrected chi connectivity index (χ1v) is 22.4. The van der Waals surface area contributed by atoms with Gasteiger partial charge in [0.05, 0.1) is 26.2 Å². The van der Waals surface area contributed by atoms with E-state index in [-0.39, 0.29) is 114 Å². The second kappa shape index (κ2) is 34.2. The Balaban J connectivity index is 3.51. The molecule has 1 atom stereocenters. The predicted octanol–water partition coefficient (Wildman–Crippen LogP) is -5.67. The number of hydrogen-bond acceptors (Lipinski definition) is 13. The molecule has 1 aromatic carbocycles. The second-order valence-electron chi connectivity index (χ2n) is 15.7. The van der Waals surface area contributed by atoms with Gasteiger partial charge in [-0.25, -0.2) is 0 Å². The van der Waals surface area contributed by atoms with Crippen molar-refractivity contribution in [2.75, 3.05) is 91.6 Å². The number of carbonyl (C=O) groups excluding carboxylic acids is 6. The van der Waals surface area contributed by atoms with E-state index < -0.39 is 61.8 Å². The third-order valence-corrected chi connectivity index (χ3v) is 9.88. The molecule has 1 rings (SSSR count). The fourth-order valence-electron chi connectivity index (χ4n) is 6.39. The van der Waals surface area contributed by atoms with Crippen molar-refractivity contribution in [3.05, 3.63) is 29.8 Å². The van der Waals surface area contributed by atoms with Crippen molar-refractivity contribution in [3.63, 3.8) is 0 Å². The van der Waals surface area contributed by atoms with Gasteiger partial charge >= 0.3 is 0 Å². The first kappa shape index (κ1) is 58.9. The van der Waals surface area contributed by atoms with Crippen LogP contribution < -0.4 is 68.0 Å². The van der Waals surface area contributed by atoms with Crippen molar-refractivity contribution in [1.29, 1.82) is 0 Å². The summed E-state index contributed by atoms with van der Waals surface area (Å²) in [6.45, 7) is -0.543. The summed E-state index contributed by atoms with van der Waals surface area (Å²) in [5, 5.41) is 15.6. The molecule has 0 radical (unpaired) electrons. The number of nitrogens with two attached hydrogens (primary N) is 10. The molecule has 0 aliphatic carbocycles. The number of carbonyl (C=O) groups is 6. The molecule has 27 heteroatoms. The van der Waals surface area contributed by atoms with Crippen molar-refractivity contribution in [2.45, 2.75) is 70.4 Å². The number of phenols is 1. The SMILES string of the molecule is NCCCCCCNCC(=O)N(CCCN=C(N)N)CC(=O)N(CCCN=C(N)N)CC(=O)N(CC(=O)N(CCCN=C(N)N)CC(=O)N[C@H](CCCN=C(N)N)C(N)=O)Cc1ccc(O)cc1. The number of aliphatic imine (C=N–C) groups is 4. The summed E-state index contributed by atoms with van der Waals surface area (Å²) in [6.07, 6.45) is 4.78. The molecule has 0 aromatic heterocycles. The molecule has 0 saturated carbocycles. The first-order valence-electron chi connectivity index (χ1n) is 22.4. The van der Waals surface area contributed by atoms with Gasteiger partial charge in [0.15, 0.2) is 23.8 Å². The van der Waals surface area contributed by atoms with E-state index >= 15 is 0 Å². The Kier molecular flexibility index (Phi) is 29.6. The Bertz CT molecular complexity index is 1830. The van der Waals surface area contributed by atoms with E-state index in [2.05, 4.69) is 30.6 Å². The van der Waals surface area contributed by atoms with Crippen LogP contribution in [0.1, 0.15) is 63.4 Å². The molecule has 0 aliphatic rings. The molecule has 382 valence electrons. The average Bonchev–Trinajstić information content (AvgIpc) is 3.27. The highest BCUT2D eigenvalue weighted by atomic mass is 16.3. The third kappa shape index (κ3) is 28.0. The quantitative estimate of drug-likeness (QED) is 0.0169. The molecule has 0 spiro atoms. The predicted molar refractivity (Wildman–Crippen MR) is 261 cm³/mol. The number of phenolic OH excluding ortho intramolecular Hbond substituents is 1. The number of unbranched alkanes of at least 4 members (excludes halogenated alkanes) is 3. The molecule has 0 aliphatic heterocycles. The van der Waals surface area contributed by atoms with Gasteiger partial charge in [0.2, 0.25) is 35.4 Å². The van der Waals surface area contributed by atoms with Gasteiger partial charge in [-0.3, -0.25) is 48.7 Å². The number of guanidine groups is 4. The van der Waals surface area contributed by atoms with Gasteiger partial charge in [0, 0.05) is 52.4 Å². The van der Waals surface area contributed by atoms with Gasteiger partial charge in [-0.1, -0.05) is 25.0 Å².